The Balaban J connectivity index is 2.88. The Kier molecular flexibility index (Phi) is 3.98. The zero-order chi connectivity index (χ0) is 9.90. The largest absolute Gasteiger partial charge is 0.297 e. The number of carbonyl (C=O) groups excluding carboxylic acids is 1. The Bertz CT molecular complexity index is 218. The molecule has 1 rings (SSSR count). The Labute approximate surface area is 86.3 Å². The average Bonchev–Trinajstić information content (AvgIpc) is 2.18. The van der Waals surface area contributed by atoms with Crippen LogP contribution in [-0.4, -0.2) is 25.6 Å². The lowest BCUT2D eigenvalue weighted by Crippen LogP contribution is -2.43. The molecule has 2 atom stereocenters. The van der Waals surface area contributed by atoms with Crippen molar-refractivity contribution in [3.05, 3.63) is 0 Å². The summed E-state index contributed by atoms with van der Waals surface area (Å²) >= 11 is 1.60. The molecule has 2 nitrogen and oxygen atoms in total. The molecule has 0 amide bonds. The van der Waals surface area contributed by atoms with E-state index in [2.05, 4.69) is 0 Å². The lowest BCUT2D eigenvalue weighted by molar-refractivity contribution is -0.119. The average molecular weight is 220 g/mol. The number of ketones is 1. The molecule has 1 heterocycles. The predicted octanol–water partition coefficient (Wildman–Crippen LogP) is 1.96. The Morgan fingerprint density at radius 3 is 2.69 bits per heavy atom. The summed E-state index contributed by atoms with van der Waals surface area (Å²) in [4.78, 5) is 11.7. The number of rotatable bonds is 3. The standard InChI is InChI=1S/C9H16O2S2/c1-3-8(10)9(4-2)12-6-5-7-13(9)11/h3-7H2,1-2H3/t9-,13+/m1/s1. The van der Waals surface area contributed by atoms with Crippen LogP contribution in [0.1, 0.15) is 33.1 Å². The highest BCUT2D eigenvalue weighted by molar-refractivity contribution is 8.14. The molecule has 0 spiro atoms. The summed E-state index contributed by atoms with van der Waals surface area (Å²) in [6, 6.07) is 0. The second kappa shape index (κ2) is 4.60. The van der Waals surface area contributed by atoms with Gasteiger partial charge < -0.3 is 0 Å². The SMILES string of the molecule is CCC(=O)[C@]1(CC)SCCC[S@@]1=O. The summed E-state index contributed by atoms with van der Waals surface area (Å²) < 4.78 is 11.3. The molecule has 1 fully saturated rings. The third-order valence-electron chi connectivity index (χ3n) is 2.39. The first kappa shape index (κ1) is 11.2. The minimum atomic E-state index is -0.953. The van der Waals surface area contributed by atoms with Crippen LogP contribution >= 0.6 is 11.8 Å². The summed E-state index contributed by atoms with van der Waals surface area (Å²) in [5.41, 5.74) is 0. The summed E-state index contributed by atoms with van der Waals surface area (Å²) in [6.45, 7) is 3.82. The highest BCUT2D eigenvalue weighted by Crippen LogP contribution is 2.38. The molecule has 1 aliphatic rings. The van der Waals surface area contributed by atoms with Crippen molar-refractivity contribution < 1.29 is 9.00 Å². The molecule has 0 aromatic rings. The summed E-state index contributed by atoms with van der Waals surface area (Å²) in [5.74, 6) is 1.84. The highest BCUT2D eigenvalue weighted by Gasteiger charge is 2.43. The molecule has 0 radical (unpaired) electrons. The van der Waals surface area contributed by atoms with Gasteiger partial charge in [-0.3, -0.25) is 9.00 Å². The third kappa shape index (κ3) is 1.99. The Morgan fingerprint density at radius 1 is 1.54 bits per heavy atom. The van der Waals surface area contributed by atoms with Crippen molar-refractivity contribution in [2.45, 2.75) is 37.2 Å². The number of Topliss-reactive ketones (excluding diaryl/α,β-unsaturated/α-hetero) is 1. The van der Waals surface area contributed by atoms with Crippen LogP contribution in [0.4, 0.5) is 0 Å². The van der Waals surface area contributed by atoms with Crippen LogP contribution < -0.4 is 0 Å². The molecular weight excluding hydrogens is 204 g/mol. The van der Waals surface area contributed by atoms with Crippen LogP contribution in [-0.2, 0) is 15.6 Å². The highest BCUT2D eigenvalue weighted by atomic mass is 32.2. The zero-order valence-corrected chi connectivity index (χ0v) is 9.80. The monoisotopic (exact) mass is 220 g/mol. The van der Waals surface area contributed by atoms with E-state index >= 15 is 0 Å². The summed E-state index contributed by atoms with van der Waals surface area (Å²) in [5, 5.41) is 0. The molecular formula is C9H16O2S2. The van der Waals surface area contributed by atoms with Crippen molar-refractivity contribution in [3.8, 4) is 0 Å². The van der Waals surface area contributed by atoms with E-state index in [-0.39, 0.29) is 5.78 Å². The number of thioether (sulfide) groups is 1. The van der Waals surface area contributed by atoms with Crippen molar-refractivity contribution >= 4 is 28.3 Å². The van der Waals surface area contributed by atoms with Crippen molar-refractivity contribution in [1.29, 1.82) is 0 Å². The van der Waals surface area contributed by atoms with E-state index in [1.165, 1.54) is 0 Å². The minimum Gasteiger partial charge on any atom is -0.297 e. The Hall–Kier alpha value is 0.170. The molecule has 0 aliphatic carbocycles. The molecule has 1 aliphatic heterocycles. The van der Waals surface area contributed by atoms with Gasteiger partial charge in [0.05, 0.1) is 0 Å². The van der Waals surface area contributed by atoms with E-state index in [1.54, 1.807) is 11.8 Å². The van der Waals surface area contributed by atoms with Gasteiger partial charge in [0.2, 0.25) is 0 Å². The predicted molar refractivity (Wildman–Crippen MR) is 58.4 cm³/mol. The smallest absolute Gasteiger partial charge is 0.161 e. The zero-order valence-electron chi connectivity index (χ0n) is 8.17. The maximum atomic E-state index is 11.8. The lowest BCUT2D eigenvalue weighted by atomic mass is 10.2. The maximum absolute atomic E-state index is 11.8. The third-order valence-corrected chi connectivity index (χ3v) is 6.69. The van der Waals surface area contributed by atoms with Crippen LogP contribution in [0, 0.1) is 0 Å². The fraction of sp³-hybridized carbons (Fsp3) is 0.889. The van der Waals surface area contributed by atoms with Crippen molar-refractivity contribution in [2.24, 2.45) is 0 Å². The maximum Gasteiger partial charge on any atom is 0.161 e. The number of hydrogen-bond acceptors (Lipinski definition) is 3. The second-order valence-corrected chi connectivity index (χ2v) is 6.58. The first-order valence-electron chi connectivity index (χ1n) is 4.73. The van der Waals surface area contributed by atoms with Crippen LogP contribution in [0.25, 0.3) is 0 Å². The van der Waals surface area contributed by atoms with Crippen LogP contribution in [0.2, 0.25) is 0 Å². The fourth-order valence-corrected chi connectivity index (χ4v) is 5.39. The van der Waals surface area contributed by atoms with Gasteiger partial charge in [-0.2, -0.15) is 0 Å². The summed E-state index contributed by atoms with van der Waals surface area (Å²) in [7, 11) is -0.953. The van der Waals surface area contributed by atoms with Crippen LogP contribution in [0.3, 0.4) is 0 Å². The van der Waals surface area contributed by atoms with E-state index in [0.717, 1.165) is 12.2 Å². The molecule has 76 valence electrons. The van der Waals surface area contributed by atoms with Gasteiger partial charge in [0, 0.05) is 23.0 Å². The number of carbonyl (C=O) groups is 1. The van der Waals surface area contributed by atoms with Crippen LogP contribution in [0.15, 0.2) is 0 Å². The molecule has 0 N–H and O–H groups in total. The van der Waals surface area contributed by atoms with Crippen molar-refractivity contribution in [1.82, 2.24) is 0 Å². The Morgan fingerprint density at radius 2 is 2.23 bits per heavy atom. The molecule has 0 bridgehead atoms. The van der Waals surface area contributed by atoms with Gasteiger partial charge in [-0.05, 0) is 18.6 Å². The quantitative estimate of drug-likeness (QED) is 0.729. The van der Waals surface area contributed by atoms with Crippen LogP contribution in [0.5, 0.6) is 0 Å². The molecule has 0 saturated carbocycles. The van der Waals surface area contributed by atoms with Gasteiger partial charge >= 0.3 is 0 Å². The van der Waals surface area contributed by atoms with Gasteiger partial charge in [0.25, 0.3) is 0 Å². The molecule has 0 unspecified atom stereocenters. The lowest BCUT2D eigenvalue weighted by Gasteiger charge is -2.32. The van der Waals surface area contributed by atoms with Gasteiger partial charge in [-0.25, -0.2) is 0 Å². The topological polar surface area (TPSA) is 34.1 Å². The normalized spacial score (nSPS) is 34.5. The molecule has 0 aromatic heterocycles. The molecule has 13 heavy (non-hydrogen) atoms. The number of hydrogen-bond donors (Lipinski definition) is 0. The summed E-state index contributed by atoms with van der Waals surface area (Å²) in [6.07, 6.45) is 2.19. The molecule has 0 aromatic carbocycles. The van der Waals surface area contributed by atoms with E-state index in [0.29, 0.717) is 18.6 Å². The van der Waals surface area contributed by atoms with E-state index in [9.17, 15) is 9.00 Å². The van der Waals surface area contributed by atoms with Gasteiger partial charge in [0.15, 0.2) is 5.78 Å². The van der Waals surface area contributed by atoms with E-state index in [1.807, 2.05) is 13.8 Å². The van der Waals surface area contributed by atoms with E-state index in [4.69, 9.17) is 0 Å². The minimum absolute atomic E-state index is 0.165. The van der Waals surface area contributed by atoms with Crippen molar-refractivity contribution in [3.63, 3.8) is 0 Å². The second-order valence-electron chi connectivity index (χ2n) is 3.13. The van der Waals surface area contributed by atoms with Gasteiger partial charge in [-0.1, -0.05) is 13.8 Å². The van der Waals surface area contributed by atoms with E-state index < -0.39 is 14.9 Å². The fourth-order valence-electron chi connectivity index (χ4n) is 1.59. The van der Waals surface area contributed by atoms with Gasteiger partial charge in [-0.15, -0.1) is 11.8 Å². The first-order chi connectivity index (χ1) is 6.17. The molecule has 4 heteroatoms. The molecule has 1 saturated heterocycles. The van der Waals surface area contributed by atoms with Crippen molar-refractivity contribution in [2.75, 3.05) is 11.5 Å². The first-order valence-corrected chi connectivity index (χ1v) is 7.03. The van der Waals surface area contributed by atoms with Gasteiger partial charge in [0.1, 0.15) is 4.08 Å².